The van der Waals surface area contributed by atoms with Crippen LogP contribution >= 0.6 is 11.6 Å². The number of anilines is 2. The van der Waals surface area contributed by atoms with Gasteiger partial charge in [-0.3, -0.25) is 0 Å². The molecule has 0 saturated carbocycles. The number of benzene rings is 1. The summed E-state index contributed by atoms with van der Waals surface area (Å²) >= 11 is 6.22. The van der Waals surface area contributed by atoms with Gasteiger partial charge in [-0.05, 0) is 31.2 Å². The van der Waals surface area contributed by atoms with Gasteiger partial charge in [0.05, 0.1) is 28.5 Å². The molecule has 0 aliphatic carbocycles. The Morgan fingerprint density at radius 2 is 2.05 bits per heavy atom. The normalized spacial score (nSPS) is 10.0. The van der Waals surface area contributed by atoms with Gasteiger partial charge in [0.15, 0.2) is 0 Å². The maximum absolute atomic E-state index is 9.17. The van der Waals surface area contributed by atoms with Crippen LogP contribution in [0.15, 0.2) is 36.4 Å². The van der Waals surface area contributed by atoms with E-state index in [2.05, 4.69) is 16.4 Å². The average Bonchev–Trinajstić information content (AvgIpc) is 2.50. The zero-order chi connectivity index (χ0) is 15.2. The van der Waals surface area contributed by atoms with Crippen molar-refractivity contribution >= 4 is 23.1 Å². The van der Waals surface area contributed by atoms with Crippen LogP contribution in [0.1, 0.15) is 18.2 Å². The SMILES string of the molecule is CCNc1ccc(Cl)c(CN(C)c2ccccc2C#N)n1. The van der Waals surface area contributed by atoms with E-state index in [4.69, 9.17) is 11.6 Å². The summed E-state index contributed by atoms with van der Waals surface area (Å²) in [6, 6.07) is 13.4. The Morgan fingerprint density at radius 1 is 1.29 bits per heavy atom. The molecule has 4 nitrogen and oxygen atoms in total. The molecule has 0 amide bonds. The second-order valence-electron chi connectivity index (χ2n) is 4.64. The van der Waals surface area contributed by atoms with E-state index in [1.807, 2.05) is 49.2 Å². The molecule has 0 fully saturated rings. The monoisotopic (exact) mass is 300 g/mol. The molecular weight excluding hydrogens is 284 g/mol. The first-order valence-corrected chi connectivity index (χ1v) is 7.13. The van der Waals surface area contributed by atoms with Crippen molar-refractivity contribution in [3.05, 3.63) is 52.7 Å². The highest BCUT2D eigenvalue weighted by Gasteiger charge is 2.11. The van der Waals surface area contributed by atoms with Crippen molar-refractivity contribution in [2.24, 2.45) is 0 Å². The van der Waals surface area contributed by atoms with Crippen LogP contribution in [0.2, 0.25) is 5.02 Å². The number of nitrogens with zero attached hydrogens (tertiary/aromatic N) is 3. The van der Waals surface area contributed by atoms with E-state index in [0.717, 1.165) is 23.7 Å². The molecular formula is C16H17ClN4. The molecule has 0 atom stereocenters. The first kappa shape index (κ1) is 15.1. The van der Waals surface area contributed by atoms with Gasteiger partial charge in [0.25, 0.3) is 0 Å². The van der Waals surface area contributed by atoms with Crippen LogP contribution in [0.3, 0.4) is 0 Å². The van der Waals surface area contributed by atoms with Crippen molar-refractivity contribution in [3.8, 4) is 6.07 Å². The molecule has 21 heavy (non-hydrogen) atoms. The molecule has 2 aromatic rings. The highest BCUT2D eigenvalue weighted by molar-refractivity contribution is 6.31. The average molecular weight is 301 g/mol. The fourth-order valence-corrected chi connectivity index (χ4v) is 2.25. The zero-order valence-electron chi connectivity index (χ0n) is 12.1. The highest BCUT2D eigenvalue weighted by atomic mass is 35.5. The molecule has 2 rings (SSSR count). The lowest BCUT2D eigenvalue weighted by Crippen LogP contribution is -2.19. The zero-order valence-corrected chi connectivity index (χ0v) is 12.9. The van der Waals surface area contributed by atoms with Gasteiger partial charge in [-0.2, -0.15) is 5.26 Å². The second-order valence-corrected chi connectivity index (χ2v) is 5.05. The maximum Gasteiger partial charge on any atom is 0.126 e. The van der Waals surface area contributed by atoms with E-state index in [1.54, 1.807) is 6.07 Å². The lowest BCUT2D eigenvalue weighted by atomic mass is 10.1. The fraction of sp³-hybridized carbons (Fsp3) is 0.250. The van der Waals surface area contributed by atoms with Crippen molar-refractivity contribution < 1.29 is 0 Å². The smallest absolute Gasteiger partial charge is 0.126 e. The number of hydrogen-bond acceptors (Lipinski definition) is 4. The third kappa shape index (κ3) is 3.65. The van der Waals surface area contributed by atoms with E-state index >= 15 is 0 Å². The summed E-state index contributed by atoms with van der Waals surface area (Å²) in [5, 5.41) is 13.0. The minimum Gasteiger partial charge on any atom is -0.370 e. The topological polar surface area (TPSA) is 52.0 Å². The number of aromatic nitrogens is 1. The number of halogens is 1. The molecule has 0 saturated heterocycles. The Balaban J connectivity index is 2.25. The Bertz CT molecular complexity index is 664. The molecule has 108 valence electrons. The van der Waals surface area contributed by atoms with E-state index in [1.165, 1.54) is 0 Å². The van der Waals surface area contributed by atoms with Gasteiger partial charge in [-0.1, -0.05) is 23.7 Å². The van der Waals surface area contributed by atoms with E-state index in [9.17, 15) is 5.26 Å². The molecule has 1 aromatic carbocycles. The van der Waals surface area contributed by atoms with Crippen LogP contribution in [0.4, 0.5) is 11.5 Å². The summed E-state index contributed by atoms with van der Waals surface area (Å²) in [5.41, 5.74) is 2.29. The standard InChI is InChI=1S/C16H17ClN4/c1-3-19-16-9-8-13(17)14(20-16)11-21(2)15-7-5-4-6-12(15)10-18/h4-9H,3,11H2,1-2H3,(H,19,20). The number of rotatable bonds is 5. The molecule has 0 bridgehead atoms. The number of pyridine rings is 1. The summed E-state index contributed by atoms with van der Waals surface area (Å²) < 4.78 is 0. The molecule has 5 heteroatoms. The van der Waals surface area contributed by atoms with Crippen LogP contribution in [-0.2, 0) is 6.54 Å². The summed E-state index contributed by atoms with van der Waals surface area (Å²) in [5.74, 6) is 0.805. The lowest BCUT2D eigenvalue weighted by Gasteiger charge is -2.21. The highest BCUT2D eigenvalue weighted by Crippen LogP contribution is 2.23. The van der Waals surface area contributed by atoms with Gasteiger partial charge >= 0.3 is 0 Å². The van der Waals surface area contributed by atoms with E-state index in [0.29, 0.717) is 17.1 Å². The van der Waals surface area contributed by atoms with Gasteiger partial charge in [0.2, 0.25) is 0 Å². The summed E-state index contributed by atoms with van der Waals surface area (Å²) in [6.07, 6.45) is 0. The largest absolute Gasteiger partial charge is 0.370 e. The van der Waals surface area contributed by atoms with Crippen molar-refractivity contribution in [2.45, 2.75) is 13.5 Å². The molecule has 0 radical (unpaired) electrons. The number of para-hydroxylation sites is 1. The summed E-state index contributed by atoms with van der Waals surface area (Å²) in [7, 11) is 1.92. The van der Waals surface area contributed by atoms with Crippen LogP contribution < -0.4 is 10.2 Å². The molecule has 0 spiro atoms. The maximum atomic E-state index is 9.17. The molecule has 0 aliphatic rings. The van der Waals surface area contributed by atoms with Crippen molar-refractivity contribution in [1.82, 2.24) is 4.98 Å². The fourth-order valence-electron chi connectivity index (χ4n) is 2.09. The number of nitriles is 1. The first-order chi connectivity index (χ1) is 10.2. The number of nitrogens with one attached hydrogen (secondary N) is 1. The van der Waals surface area contributed by atoms with Gasteiger partial charge in [-0.15, -0.1) is 0 Å². The molecule has 0 unspecified atom stereocenters. The molecule has 1 heterocycles. The van der Waals surface area contributed by atoms with Crippen molar-refractivity contribution in [1.29, 1.82) is 5.26 Å². The lowest BCUT2D eigenvalue weighted by molar-refractivity contribution is 0.883. The van der Waals surface area contributed by atoms with Gasteiger partial charge in [-0.25, -0.2) is 4.98 Å². The van der Waals surface area contributed by atoms with Gasteiger partial charge in [0.1, 0.15) is 11.9 Å². The van der Waals surface area contributed by atoms with E-state index in [-0.39, 0.29) is 0 Å². The molecule has 0 aliphatic heterocycles. The Kier molecular flexibility index (Phi) is 5.02. The Hall–Kier alpha value is -2.25. The third-order valence-electron chi connectivity index (χ3n) is 3.10. The Labute approximate surface area is 130 Å². The predicted octanol–water partition coefficient (Wildman–Crippen LogP) is 3.67. The first-order valence-electron chi connectivity index (χ1n) is 6.75. The van der Waals surface area contributed by atoms with Crippen molar-refractivity contribution in [3.63, 3.8) is 0 Å². The van der Waals surface area contributed by atoms with Crippen LogP contribution in [0.5, 0.6) is 0 Å². The number of hydrogen-bond donors (Lipinski definition) is 1. The molecule has 1 N–H and O–H groups in total. The van der Waals surface area contributed by atoms with Gasteiger partial charge < -0.3 is 10.2 Å². The third-order valence-corrected chi connectivity index (χ3v) is 3.44. The van der Waals surface area contributed by atoms with Gasteiger partial charge in [0, 0.05) is 13.6 Å². The predicted molar refractivity (Wildman–Crippen MR) is 86.7 cm³/mol. The van der Waals surface area contributed by atoms with Crippen LogP contribution in [-0.4, -0.2) is 18.6 Å². The summed E-state index contributed by atoms with van der Waals surface area (Å²) in [6.45, 7) is 3.36. The Morgan fingerprint density at radius 3 is 2.76 bits per heavy atom. The van der Waals surface area contributed by atoms with Crippen LogP contribution in [0, 0.1) is 11.3 Å². The second kappa shape index (κ2) is 6.96. The van der Waals surface area contributed by atoms with Crippen LogP contribution in [0.25, 0.3) is 0 Å². The molecule has 1 aromatic heterocycles. The van der Waals surface area contributed by atoms with Crippen molar-refractivity contribution in [2.75, 3.05) is 23.8 Å². The minimum absolute atomic E-state index is 0.538. The summed E-state index contributed by atoms with van der Waals surface area (Å²) in [4.78, 5) is 6.49. The minimum atomic E-state index is 0.538. The quantitative estimate of drug-likeness (QED) is 0.915. The van der Waals surface area contributed by atoms with E-state index < -0.39 is 0 Å².